The van der Waals surface area contributed by atoms with Gasteiger partial charge in [-0.25, -0.2) is 3.11 Å². The lowest BCUT2D eigenvalue weighted by molar-refractivity contribution is -0.176. The number of hydrogen-bond donors (Lipinski definition) is 0. The standard InChI is InChI=1S/C7H12INO2/c8-9-3-1-2-7(6-9)10-4-5-11-7/h1-6H2. The first-order valence-corrected chi connectivity index (χ1v) is 4.96. The fourth-order valence-corrected chi connectivity index (χ4v) is 2.53. The quantitative estimate of drug-likeness (QED) is 0.487. The molecule has 0 aliphatic carbocycles. The monoisotopic (exact) mass is 269 g/mol. The van der Waals surface area contributed by atoms with Gasteiger partial charge in [-0.05, 0) is 6.42 Å². The third kappa shape index (κ3) is 1.68. The molecule has 0 radical (unpaired) electrons. The van der Waals surface area contributed by atoms with E-state index in [-0.39, 0.29) is 5.79 Å². The van der Waals surface area contributed by atoms with Gasteiger partial charge in [0.25, 0.3) is 0 Å². The summed E-state index contributed by atoms with van der Waals surface area (Å²) in [5.74, 6) is -0.237. The summed E-state index contributed by atoms with van der Waals surface area (Å²) in [6.07, 6.45) is 2.25. The molecule has 2 aliphatic rings. The zero-order valence-corrected chi connectivity index (χ0v) is 8.54. The van der Waals surface area contributed by atoms with Crippen LogP contribution in [-0.4, -0.2) is 35.2 Å². The highest BCUT2D eigenvalue weighted by Gasteiger charge is 2.39. The van der Waals surface area contributed by atoms with E-state index in [1.165, 1.54) is 6.42 Å². The Morgan fingerprint density at radius 3 is 2.64 bits per heavy atom. The van der Waals surface area contributed by atoms with E-state index in [2.05, 4.69) is 26.0 Å². The van der Waals surface area contributed by atoms with Gasteiger partial charge in [0.2, 0.25) is 0 Å². The SMILES string of the molecule is IN1CCCC2(C1)OCCO2. The summed E-state index contributed by atoms with van der Waals surface area (Å²) in [6, 6.07) is 0. The van der Waals surface area contributed by atoms with E-state index in [0.717, 1.165) is 32.7 Å². The van der Waals surface area contributed by atoms with Crippen molar-refractivity contribution in [3.63, 3.8) is 0 Å². The summed E-state index contributed by atoms with van der Waals surface area (Å²) >= 11 is 2.33. The molecule has 0 N–H and O–H groups in total. The number of hydrogen-bond acceptors (Lipinski definition) is 3. The average molecular weight is 269 g/mol. The molecule has 64 valence electrons. The van der Waals surface area contributed by atoms with Crippen LogP contribution >= 0.6 is 22.9 Å². The number of piperidine rings is 1. The zero-order valence-electron chi connectivity index (χ0n) is 6.38. The van der Waals surface area contributed by atoms with Gasteiger partial charge in [-0.15, -0.1) is 0 Å². The van der Waals surface area contributed by atoms with Gasteiger partial charge in [-0.3, -0.25) is 0 Å². The molecule has 0 saturated carbocycles. The Kier molecular flexibility index (Phi) is 2.36. The Bertz CT molecular complexity index is 147. The first kappa shape index (κ1) is 8.22. The van der Waals surface area contributed by atoms with Crippen molar-refractivity contribution in [1.82, 2.24) is 3.11 Å². The van der Waals surface area contributed by atoms with Crippen LogP contribution in [0.4, 0.5) is 0 Å². The van der Waals surface area contributed by atoms with E-state index in [1.54, 1.807) is 0 Å². The lowest BCUT2D eigenvalue weighted by Crippen LogP contribution is -2.45. The lowest BCUT2D eigenvalue weighted by Gasteiger charge is -2.35. The van der Waals surface area contributed by atoms with E-state index in [1.807, 2.05) is 0 Å². The highest BCUT2D eigenvalue weighted by Crippen LogP contribution is 2.31. The summed E-state index contributed by atoms with van der Waals surface area (Å²) in [5.41, 5.74) is 0. The molecule has 2 fully saturated rings. The molecule has 0 aromatic carbocycles. The maximum absolute atomic E-state index is 5.58. The van der Waals surface area contributed by atoms with Gasteiger partial charge in [0.15, 0.2) is 5.79 Å². The Morgan fingerprint density at radius 2 is 2.00 bits per heavy atom. The van der Waals surface area contributed by atoms with Gasteiger partial charge < -0.3 is 9.47 Å². The minimum atomic E-state index is -0.237. The zero-order chi connectivity index (χ0) is 7.73. The largest absolute Gasteiger partial charge is 0.346 e. The maximum Gasteiger partial charge on any atom is 0.182 e. The molecular weight excluding hydrogens is 257 g/mol. The summed E-state index contributed by atoms with van der Waals surface area (Å²) < 4.78 is 13.4. The molecule has 0 aromatic heterocycles. The maximum atomic E-state index is 5.58. The van der Waals surface area contributed by atoms with Crippen molar-refractivity contribution >= 4 is 22.9 Å². The second kappa shape index (κ2) is 3.16. The molecule has 0 unspecified atom stereocenters. The van der Waals surface area contributed by atoms with E-state index in [4.69, 9.17) is 9.47 Å². The van der Waals surface area contributed by atoms with Crippen LogP contribution < -0.4 is 0 Å². The van der Waals surface area contributed by atoms with Crippen LogP contribution in [0.25, 0.3) is 0 Å². The number of rotatable bonds is 0. The van der Waals surface area contributed by atoms with Crippen molar-refractivity contribution in [3.8, 4) is 0 Å². The van der Waals surface area contributed by atoms with Crippen LogP contribution in [0.2, 0.25) is 0 Å². The molecule has 0 aromatic rings. The molecule has 4 heteroatoms. The summed E-state index contributed by atoms with van der Waals surface area (Å²) in [4.78, 5) is 0. The molecule has 2 heterocycles. The Morgan fingerprint density at radius 1 is 1.27 bits per heavy atom. The third-order valence-corrected chi connectivity index (χ3v) is 3.01. The summed E-state index contributed by atoms with van der Waals surface area (Å²) in [6.45, 7) is 3.62. The van der Waals surface area contributed by atoms with Gasteiger partial charge in [0, 0.05) is 35.8 Å². The molecule has 11 heavy (non-hydrogen) atoms. The van der Waals surface area contributed by atoms with E-state index >= 15 is 0 Å². The van der Waals surface area contributed by atoms with Crippen molar-refractivity contribution in [2.45, 2.75) is 18.6 Å². The second-order valence-corrected chi connectivity index (χ2v) is 4.42. The normalized spacial score (nSPS) is 31.4. The molecule has 2 saturated heterocycles. The first-order valence-electron chi connectivity index (χ1n) is 3.99. The van der Waals surface area contributed by atoms with Crippen molar-refractivity contribution in [3.05, 3.63) is 0 Å². The molecule has 0 amide bonds. The minimum absolute atomic E-state index is 0.237. The third-order valence-electron chi connectivity index (χ3n) is 2.18. The van der Waals surface area contributed by atoms with Crippen LogP contribution in [0.5, 0.6) is 0 Å². The summed E-state index contributed by atoms with van der Waals surface area (Å²) in [5, 5.41) is 0. The van der Waals surface area contributed by atoms with E-state index in [9.17, 15) is 0 Å². The Hall–Kier alpha value is 0.610. The van der Waals surface area contributed by atoms with E-state index < -0.39 is 0 Å². The molecule has 0 bridgehead atoms. The minimum Gasteiger partial charge on any atom is -0.346 e. The van der Waals surface area contributed by atoms with Crippen LogP contribution in [0, 0.1) is 0 Å². The van der Waals surface area contributed by atoms with Gasteiger partial charge in [-0.2, -0.15) is 0 Å². The van der Waals surface area contributed by atoms with Gasteiger partial charge >= 0.3 is 0 Å². The van der Waals surface area contributed by atoms with Gasteiger partial charge in [-0.1, -0.05) is 0 Å². The van der Waals surface area contributed by atoms with Crippen LogP contribution in [0.1, 0.15) is 12.8 Å². The Labute approximate surface area is 80.5 Å². The second-order valence-electron chi connectivity index (χ2n) is 3.06. The molecule has 0 atom stereocenters. The predicted octanol–water partition coefficient (Wildman–Crippen LogP) is 1.18. The number of nitrogens with zero attached hydrogens (tertiary/aromatic N) is 1. The average Bonchev–Trinajstić information content (AvgIpc) is 2.37. The van der Waals surface area contributed by atoms with Crippen molar-refractivity contribution in [1.29, 1.82) is 0 Å². The van der Waals surface area contributed by atoms with Crippen molar-refractivity contribution in [2.24, 2.45) is 0 Å². The molecule has 3 nitrogen and oxygen atoms in total. The fraction of sp³-hybridized carbons (Fsp3) is 1.00. The van der Waals surface area contributed by atoms with Crippen LogP contribution in [-0.2, 0) is 9.47 Å². The lowest BCUT2D eigenvalue weighted by atomic mass is 10.1. The molecule has 2 aliphatic heterocycles. The topological polar surface area (TPSA) is 21.7 Å². The number of halogens is 1. The van der Waals surface area contributed by atoms with E-state index in [0.29, 0.717) is 0 Å². The fourth-order valence-electron chi connectivity index (χ4n) is 1.67. The number of ether oxygens (including phenoxy) is 2. The highest BCUT2D eigenvalue weighted by atomic mass is 127. The van der Waals surface area contributed by atoms with Gasteiger partial charge in [0.1, 0.15) is 0 Å². The Balaban J connectivity index is 2.00. The van der Waals surface area contributed by atoms with Crippen molar-refractivity contribution < 1.29 is 9.47 Å². The van der Waals surface area contributed by atoms with Crippen LogP contribution in [0.3, 0.4) is 0 Å². The molecule has 2 rings (SSSR count). The van der Waals surface area contributed by atoms with Crippen LogP contribution in [0.15, 0.2) is 0 Å². The molecular formula is C7H12INO2. The smallest absolute Gasteiger partial charge is 0.182 e. The molecule has 1 spiro atoms. The first-order chi connectivity index (χ1) is 5.31. The van der Waals surface area contributed by atoms with Gasteiger partial charge in [0.05, 0.1) is 19.8 Å². The highest BCUT2D eigenvalue weighted by molar-refractivity contribution is 14.1. The van der Waals surface area contributed by atoms with Crippen molar-refractivity contribution in [2.75, 3.05) is 26.3 Å². The predicted molar refractivity (Wildman–Crippen MR) is 49.5 cm³/mol. The summed E-state index contributed by atoms with van der Waals surface area (Å²) in [7, 11) is 0.